The molecule has 1 aliphatic heterocycles. The van der Waals surface area contributed by atoms with E-state index < -0.39 is 34.9 Å². The standard InChI is InChI=1S/C31H45N5O6S2/c1-20-26(44-19-34-20)22-13-11-21(12-14-22)17-33-28(39)24-16-23(37)18-36(24)29(40)27(31(2,3)43)35-25(38)10-8-6-4-5-7-9-15-42-30(32)41/h11-14,19,23-24,27,37,43H,4-10,15-18H2,1-3H3,(H2,32,41)(H,33,39)(H,35,38)/t23-,24+,27?/m1/s1. The Morgan fingerprint density at radius 3 is 2.41 bits per heavy atom. The van der Waals surface area contributed by atoms with Crippen LogP contribution in [0.1, 0.15) is 76.5 Å². The van der Waals surface area contributed by atoms with Gasteiger partial charge in [-0.3, -0.25) is 14.4 Å². The Kier molecular flexibility index (Phi) is 13.5. The SMILES string of the molecule is Cc1ncsc1-c1ccc(CNC(=O)[C@@H]2C[C@@H](O)CN2C(=O)C(NC(=O)CCCCCCCCOC(N)=O)C(C)(C)S)cc1. The summed E-state index contributed by atoms with van der Waals surface area (Å²) in [6.07, 6.45) is 3.80. The normalized spacial score (nSPS) is 17.2. The average molecular weight is 648 g/mol. The zero-order valence-electron chi connectivity index (χ0n) is 25.7. The molecule has 0 radical (unpaired) electrons. The van der Waals surface area contributed by atoms with Crippen LogP contribution in [-0.4, -0.2) is 74.9 Å². The molecule has 242 valence electrons. The van der Waals surface area contributed by atoms with Crippen molar-refractivity contribution in [3.05, 3.63) is 41.0 Å². The van der Waals surface area contributed by atoms with Gasteiger partial charge in [0.1, 0.15) is 12.1 Å². The van der Waals surface area contributed by atoms with Gasteiger partial charge in [-0.25, -0.2) is 9.78 Å². The number of primary amides is 1. The van der Waals surface area contributed by atoms with Crippen LogP contribution in [0.3, 0.4) is 0 Å². The molecule has 2 heterocycles. The Labute approximate surface area is 268 Å². The van der Waals surface area contributed by atoms with E-state index in [1.165, 1.54) is 4.90 Å². The number of thiol groups is 1. The van der Waals surface area contributed by atoms with Crippen LogP contribution < -0.4 is 16.4 Å². The lowest BCUT2D eigenvalue weighted by Crippen LogP contribution is -2.59. The Morgan fingerprint density at radius 1 is 1.14 bits per heavy atom. The molecule has 5 N–H and O–H groups in total. The number of hydrogen-bond acceptors (Lipinski definition) is 9. The van der Waals surface area contributed by atoms with E-state index in [4.69, 9.17) is 10.5 Å². The number of thiazole rings is 1. The quantitative estimate of drug-likeness (QED) is 0.137. The topological polar surface area (TPSA) is 164 Å². The zero-order chi connectivity index (χ0) is 32.3. The van der Waals surface area contributed by atoms with Gasteiger partial charge in [0.25, 0.3) is 0 Å². The molecule has 11 nitrogen and oxygen atoms in total. The number of likely N-dealkylation sites (tertiary alicyclic amines) is 1. The van der Waals surface area contributed by atoms with Crippen molar-refractivity contribution >= 4 is 47.8 Å². The number of rotatable bonds is 16. The molecule has 1 saturated heterocycles. The molecule has 0 saturated carbocycles. The highest BCUT2D eigenvalue weighted by Crippen LogP contribution is 2.28. The first-order valence-corrected chi connectivity index (χ1v) is 16.4. The highest BCUT2D eigenvalue weighted by atomic mass is 32.1. The number of hydrogen-bond donors (Lipinski definition) is 5. The van der Waals surface area contributed by atoms with Gasteiger partial charge in [-0.2, -0.15) is 12.6 Å². The van der Waals surface area contributed by atoms with Crippen molar-refractivity contribution < 1.29 is 29.0 Å². The molecule has 3 atom stereocenters. The lowest BCUT2D eigenvalue weighted by atomic mass is 10.00. The second kappa shape index (κ2) is 16.8. The molecular formula is C31H45N5O6S2. The third-order valence-corrected chi connectivity index (χ3v) is 8.83. The molecule has 1 aliphatic rings. The fourth-order valence-electron chi connectivity index (χ4n) is 5.17. The number of nitrogens with two attached hydrogens (primary N) is 1. The van der Waals surface area contributed by atoms with Gasteiger partial charge in [0, 0.05) is 30.7 Å². The predicted molar refractivity (Wildman–Crippen MR) is 173 cm³/mol. The van der Waals surface area contributed by atoms with E-state index >= 15 is 0 Å². The first-order chi connectivity index (χ1) is 20.9. The minimum Gasteiger partial charge on any atom is -0.450 e. The van der Waals surface area contributed by atoms with Crippen molar-refractivity contribution in [2.24, 2.45) is 5.73 Å². The van der Waals surface area contributed by atoms with Crippen molar-refractivity contribution in [1.29, 1.82) is 0 Å². The fourth-order valence-corrected chi connectivity index (χ4v) is 6.16. The lowest BCUT2D eigenvalue weighted by molar-refractivity contribution is -0.142. The largest absolute Gasteiger partial charge is 0.450 e. The van der Waals surface area contributed by atoms with Gasteiger partial charge in [0.05, 0.1) is 28.8 Å². The molecule has 0 aliphatic carbocycles. The molecule has 0 bridgehead atoms. The molecule has 1 fully saturated rings. The van der Waals surface area contributed by atoms with Gasteiger partial charge in [-0.05, 0) is 44.7 Å². The predicted octanol–water partition coefficient (Wildman–Crippen LogP) is 3.72. The molecule has 0 spiro atoms. The number of nitrogens with one attached hydrogen (secondary N) is 2. The Balaban J connectivity index is 1.50. The summed E-state index contributed by atoms with van der Waals surface area (Å²) < 4.78 is 3.80. The minimum absolute atomic E-state index is 0.000522. The third kappa shape index (κ3) is 10.8. The molecule has 44 heavy (non-hydrogen) atoms. The van der Waals surface area contributed by atoms with E-state index in [1.807, 2.05) is 36.7 Å². The van der Waals surface area contributed by atoms with Gasteiger partial charge in [-0.15, -0.1) is 11.3 Å². The maximum atomic E-state index is 13.7. The number of carbonyl (C=O) groups excluding carboxylic acids is 4. The first kappa shape index (κ1) is 35.3. The van der Waals surface area contributed by atoms with E-state index in [0.29, 0.717) is 13.0 Å². The Morgan fingerprint density at radius 2 is 1.80 bits per heavy atom. The monoisotopic (exact) mass is 647 g/mol. The van der Waals surface area contributed by atoms with Gasteiger partial charge in [0.2, 0.25) is 17.7 Å². The first-order valence-electron chi connectivity index (χ1n) is 15.1. The minimum atomic E-state index is -0.980. The number of unbranched alkanes of at least 4 members (excludes halogenated alkanes) is 5. The summed E-state index contributed by atoms with van der Waals surface area (Å²) in [6.45, 7) is 6.02. The summed E-state index contributed by atoms with van der Waals surface area (Å²) in [7, 11) is 0. The molecule has 13 heteroatoms. The van der Waals surface area contributed by atoms with Crippen molar-refractivity contribution in [2.75, 3.05) is 13.2 Å². The smallest absolute Gasteiger partial charge is 0.404 e. The highest BCUT2D eigenvalue weighted by molar-refractivity contribution is 7.81. The fraction of sp³-hybridized carbons (Fsp3) is 0.581. The van der Waals surface area contributed by atoms with E-state index in [-0.39, 0.29) is 37.7 Å². The maximum absolute atomic E-state index is 13.7. The number of nitrogens with zero attached hydrogens (tertiary/aromatic N) is 2. The van der Waals surface area contributed by atoms with Crippen LogP contribution in [0, 0.1) is 6.92 Å². The van der Waals surface area contributed by atoms with Crippen molar-refractivity contribution in [3.8, 4) is 10.4 Å². The van der Waals surface area contributed by atoms with Crippen molar-refractivity contribution in [2.45, 2.75) is 102 Å². The van der Waals surface area contributed by atoms with E-state index in [0.717, 1.165) is 53.8 Å². The second-order valence-corrected chi connectivity index (χ2v) is 13.8. The molecule has 1 aromatic heterocycles. The van der Waals surface area contributed by atoms with Crippen LogP contribution in [0.2, 0.25) is 0 Å². The number of β-amino-alcohol motifs (C(OH)–C–C–N with tert-alkyl or cyclic N) is 1. The van der Waals surface area contributed by atoms with Gasteiger partial charge in [-0.1, -0.05) is 49.9 Å². The second-order valence-electron chi connectivity index (χ2n) is 11.8. The Hall–Kier alpha value is -3.16. The third-order valence-electron chi connectivity index (χ3n) is 7.59. The summed E-state index contributed by atoms with van der Waals surface area (Å²) in [4.78, 5) is 57.1. The number of amides is 4. The van der Waals surface area contributed by atoms with E-state index in [1.54, 1.807) is 25.2 Å². The van der Waals surface area contributed by atoms with Gasteiger partial charge < -0.3 is 31.1 Å². The number of aryl methyl sites for hydroxylation is 1. The molecule has 4 amide bonds. The van der Waals surface area contributed by atoms with Crippen molar-refractivity contribution in [3.63, 3.8) is 0 Å². The molecule has 1 unspecified atom stereocenters. The van der Waals surface area contributed by atoms with Crippen LogP contribution in [0.15, 0.2) is 29.8 Å². The summed E-state index contributed by atoms with van der Waals surface area (Å²) in [5.41, 5.74) is 9.68. The van der Waals surface area contributed by atoms with Gasteiger partial charge >= 0.3 is 6.09 Å². The van der Waals surface area contributed by atoms with Gasteiger partial charge in [0.15, 0.2) is 0 Å². The lowest BCUT2D eigenvalue weighted by Gasteiger charge is -2.34. The molecular weight excluding hydrogens is 603 g/mol. The summed E-state index contributed by atoms with van der Waals surface area (Å²) >= 11 is 6.17. The number of benzene rings is 1. The van der Waals surface area contributed by atoms with Crippen molar-refractivity contribution in [1.82, 2.24) is 20.5 Å². The number of aliphatic hydroxyl groups is 1. The zero-order valence-corrected chi connectivity index (χ0v) is 27.4. The van der Waals surface area contributed by atoms with Crippen LogP contribution in [0.25, 0.3) is 10.4 Å². The van der Waals surface area contributed by atoms with E-state index in [9.17, 15) is 24.3 Å². The van der Waals surface area contributed by atoms with Crippen LogP contribution in [-0.2, 0) is 25.7 Å². The van der Waals surface area contributed by atoms with E-state index in [2.05, 4.69) is 28.2 Å². The summed E-state index contributed by atoms with van der Waals surface area (Å²) in [6, 6.07) is 6.02. The number of ether oxygens (including phenoxy) is 1. The molecule has 2 aromatic rings. The number of carbonyl (C=O) groups is 4. The maximum Gasteiger partial charge on any atom is 0.404 e. The highest BCUT2D eigenvalue weighted by Gasteiger charge is 2.44. The number of aromatic nitrogens is 1. The van der Waals surface area contributed by atoms with Crippen LogP contribution in [0.5, 0.6) is 0 Å². The summed E-state index contributed by atoms with van der Waals surface area (Å²) in [5.74, 6) is -1.07. The Bertz CT molecular complexity index is 1260. The average Bonchev–Trinajstić information content (AvgIpc) is 3.58. The summed E-state index contributed by atoms with van der Waals surface area (Å²) in [5, 5.41) is 16.1. The van der Waals surface area contributed by atoms with Crippen LogP contribution >= 0.6 is 24.0 Å². The number of aliphatic hydroxyl groups excluding tert-OH is 1. The van der Waals surface area contributed by atoms with Crippen LogP contribution in [0.4, 0.5) is 4.79 Å². The molecule has 1 aromatic carbocycles. The molecule has 3 rings (SSSR count).